The minimum Gasteiger partial charge on any atom is -0.274 e. The lowest BCUT2D eigenvalue weighted by Crippen LogP contribution is -2.46. The monoisotopic (exact) mass is 265 g/mol. The molecule has 1 aromatic rings. The van der Waals surface area contributed by atoms with Crippen molar-refractivity contribution in [1.29, 1.82) is 0 Å². The number of hydrazine groups is 1. The quantitative estimate of drug-likeness (QED) is 0.602. The highest BCUT2D eigenvalue weighted by Crippen LogP contribution is 2.11. The first kappa shape index (κ1) is 14.7. The van der Waals surface area contributed by atoms with Gasteiger partial charge in [-0.3, -0.25) is 4.79 Å². The van der Waals surface area contributed by atoms with Crippen LogP contribution in [-0.2, 0) is 15.0 Å². The molecule has 0 saturated heterocycles. The summed E-state index contributed by atoms with van der Waals surface area (Å²) in [6.07, 6.45) is 0. The number of benzene rings is 1. The Kier molecular flexibility index (Phi) is 5.22. The molecular formula is C8H12ClN3O3S. The van der Waals surface area contributed by atoms with E-state index in [0.29, 0.717) is 4.41 Å². The van der Waals surface area contributed by atoms with Crippen molar-refractivity contribution >= 4 is 34.2 Å². The standard InChI is InChI=1S/C8H11N3O3S.ClH/c1-7(12)10-15(13,14)11(9)8-5-3-2-4-6-8;/h2-6H,9H2,1H3,(H,10,12);1H. The van der Waals surface area contributed by atoms with E-state index in [1.54, 1.807) is 22.9 Å². The van der Waals surface area contributed by atoms with Gasteiger partial charge < -0.3 is 0 Å². The average Bonchev–Trinajstić information content (AvgIpc) is 2.16. The van der Waals surface area contributed by atoms with Crippen LogP contribution in [0.2, 0.25) is 0 Å². The van der Waals surface area contributed by atoms with Crippen LogP contribution in [0.25, 0.3) is 0 Å². The maximum atomic E-state index is 11.4. The van der Waals surface area contributed by atoms with Crippen molar-refractivity contribution in [3.05, 3.63) is 30.3 Å². The average molecular weight is 266 g/mol. The number of para-hydroxylation sites is 1. The molecule has 0 spiro atoms. The van der Waals surface area contributed by atoms with Gasteiger partial charge in [0.2, 0.25) is 5.91 Å². The van der Waals surface area contributed by atoms with Crippen molar-refractivity contribution in [2.24, 2.45) is 5.84 Å². The molecule has 0 aliphatic heterocycles. The third kappa shape index (κ3) is 3.69. The molecule has 1 aromatic carbocycles. The van der Waals surface area contributed by atoms with E-state index in [1.807, 2.05) is 0 Å². The van der Waals surface area contributed by atoms with Crippen LogP contribution in [0.5, 0.6) is 0 Å². The lowest BCUT2D eigenvalue weighted by atomic mass is 10.3. The van der Waals surface area contributed by atoms with Gasteiger partial charge in [0.1, 0.15) is 0 Å². The predicted octanol–water partition coefficient (Wildman–Crippen LogP) is 0.169. The van der Waals surface area contributed by atoms with Crippen LogP contribution in [-0.4, -0.2) is 14.3 Å². The fraction of sp³-hybridized carbons (Fsp3) is 0.125. The number of rotatable bonds is 3. The van der Waals surface area contributed by atoms with Gasteiger partial charge in [-0.2, -0.15) is 12.8 Å². The first-order valence-electron chi connectivity index (χ1n) is 4.07. The highest BCUT2D eigenvalue weighted by molar-refractivity contribution is 7.91. The van der Waals surface area contributed by atoms with Crippen LogP contribution in [0.4, 0.5) is 5.69 Å². The summed E-state index contributed by atoms with van der Waals surface area (Å²) in [5, 5.41) is 0. The van der Waals surface area contributed by atoms with Crippen molar-refractivity contribution in [2.75, 3.05) is 4.41 Å². The Labute approximate surface area is 100.0 Å². The van der Waals surface area contributed by atoms with E-state index in [-0.39, 0.29) is 18.1 Å². The van der Waals surface area contributed by atoms with E-state index in [1.165, 1.54) is 12.1 Å². The number of anilines is 1. The first-order chi connectivity index (χ1) is 6.93. The number of nitrogens with one attached hydrogen (secondary N) is 1. The van der Waals surface area contributed by atoms with Gasteiger partial charge in [0.25, 0.3) is 0 Å². The molecule has 0 unspecified atom stereocenters. The molecule has 1 rings (SSSR count). The second-order valence-corrected chi connectivity index (χ2v) is 4.34. The highest BCUT2D eigenvalue weighted by atomic mass is 35.5. The molecule has 0 atom stereocenters. The van der Waals surface area contributed by atoms with Crippen LogP contribution < -0.4 is 15.0 Å². The summed E-state index contributed by atoms with van der Waals surface area (Å²) in [7, 11) is -4.00. The summed E-state index contributed by atoms with van der Waals surface area (Å²) in [6, 6.07) is 8.03. The molecule has 3 N–H and O–H groups in total. The van der Waals surface area contributed by atoms with Crippen LogP contribution in [0, 0.1) is 0 Å². The van der Waals surface area contributed by atoms with Crippen LogP contribution in [0.15, 0.2) is 30.3 Å². The minimum absolute atomic E-state index is 0. The Balaban J connectivity index is 0.00000225. The summed E-state index contributed by atoms with van der Waals surface area (Å²) < 4.78 is 25.1. The molecule has 0 aliphatic carbocycles. The van der Waals surface area contributed by atoms with Gasteiger partial charge in [-0.05, 0) is 12.1 Å². The molecule has 1 amide bonds. The zero-order valence-electron chi connectivity index (χ0n) is 8.45. The molecule has 0 saturated carbocycles. The number of hydrogen-bond acceptors (Lipinski definition) is 4. The largest absolute Gasteiger partial charge is 0.339 e. The zero-order chi connectivity index (χ0) is 11.5. The molecular weight excluding hydrogens is 254 g/mol. The van der Waals surface area contributed by atoms with Crippen molar-refractivity contribution in [3.63, 3.8) is 0 Å². The maximum absolute atomic E-state index is 11.4. The Bertz CT molecular complexity index is 449. The lowest BCUT2D eigenvalue weighted by molar-refractivity contribution is -0.117. The molecule has 0 aromatic heterocycles. The second-order valence-electron chi connectivity index (χ2n) is 2.79. The van der Waals surface area contributed by atoms with Gasteiger partial charge in [0.15, 0.2) is 0 Å². The molecule has 0 radical (unpaired) electrons. The fourth-order valence-corrected chi connectivity index (χ4v) is 1.81. The van der Waals surface area contributed by atoms with E-state index >= 15 is 0 Å². The zero-order valence-corrected chi connectivity index (χ0v) is 10.1. The number of carbonyl (C=O) groups is 1. The molecule has 0 fully saturated rings. The van der Waals surface area contributed by atoms with E-state index in [4.69, 9.17) is 5.84 Å². The number of carbonyl (C=O) groups excluding carboxylic acids is 1. The minimum atomic E-state index is -4.00. The van der Waals surface area contributed by atoms with Crippen molar-refractivity contribution < 1.29 is 13.2 Å². The number of nitrogens with zero attached hydrogens (tertiary/aromatic N) is 1. The van der Waals surface area contributed by atoms with Gasteiger partial charge in [0, 0.05) is 6.92 Å². The fourth-order valence-electron chi connectivity index (χ4n) is 0.944. The van der Waals surface area contributed by atoms with Gasteiger partial charge >= 0.3 is 10.2 Å². The van der Waals surface area contributed by atoms with Crippen LogP contribution >= 0.6 is 12.4 Å². The molecule has 16 heavy (non-hydrogen) atoms. The third-order valence-electron chi connectivity index (χ3n) is 1.54. The van der Waals surface area contributed by atoms with E-state index in [9.17, 15) is 13.2 Å². The molecule has 0 heterocycles. The third-order valence-corrected chi connectivity index (χ3v) is 2.82. The first-order valence-corrected chi connectivity index (χ1v) is 5.51. The summed E-state index contributed by atoms with van der Waals surface area (Å²) in [5.74, 6) is 4.66. The SMILES string of the molecule is CC(=O)NS(=O)(=O)N(N)c1ccccc1.Cl. The van der Waals surface area contributed by atoms with Crippen molar-refractivity contribution in [2.45, 2.75) is 6.92 Å². The van der Waals surface area contributed by atoms with E-state index in [0.717, 1.165) is 6.92 Å². The van der Waals surface area contributed by atoms with Gasteiger partial charge in [-0.15, -0.1) is 12.4 Å². The number of nitrogens with two attached hydrogens (primary N) is 1. The second kappa shape index (κ2) is 5.69. The highest BCUT2D eigenvalue weighted by Gasteiger charge is 2.19. The van der Waals surface area contributed by atoms with Crippen LogP contribution in [0.3, 0.4) is 0 Å². The van der Waals surface area contributed by atoms with Crippen molar-refractivity contribution in [1.82, 2.24) is 4.72 Å². The maximum Gasteiger partial charge on any atom is 0.339 e. The molecule has 0 aliphatic rings. The van der Waals surface area contributed by atoms with E-state index < -0.39 is 16.1 Å². The van der Waals surface area contributed by atoms with Gasteiger partial charge in [0.05, 0.1) is 5.69 Å². The summed E-state index contributed by atoms with van der Waals surface area (Å²) in [6.45, 7) is 1.09. The normalized spacial score (nSPS) is 10.1. The molecule has 6 nitrogen and oxygen atoms in total. The lowest BCUT2D eigenvalue weighted by Gasteiger charge is -2.17. The Hall–Kier alpha value is -1.31. The smallest absolute Gasteiger partial charge is 0.274 e. The Morgan fingerprint density at radius 1 is 1.31 bits per heavy atom. The number of halogens is 1. The topological polar surface area (TPSA) is 92.5 Å². The molecule has 90 valence electrons. The summed E-state index contributed by atoms with van der Waals surface area (Å²) in [5.41, 5.74) is 0.270. The van der Waals surface area contributed by atoms with Gasteiger partial charge in [-0.25, -0.2) is 10.6 Å². The van der Waals surface area contributed by atoms with Crippen molar-refractivity contribution in [3.8, 4) is 0 Å². The number of hydrogen-bond donors (Lipinski definition) is 2. The summed E-state index contributed by atoms with van der Waals surface area (Å²) in [4.78, 5) is 10.6. The Morgan fingerprint density at radius 2 is 1.81 bits per heavy atom. The molecule has 8 heteroatoms. The number of amides is 1. The van der Waals surface area contributed by atoms with Crippen LogP contribution in [0.1, 0.15) is 6.92 Å². The van der Waals surface area contributed by atoms with E-state index in [2.05, 4.69) is 0 Å². The predicted molar refractivity (Wildman–Crippen MR) is 63.1 cm³/mol. The molecule has 0 bridgehead atoms. The summed E-state index contributed by atoms with van der Waals surface area (Å²) >= 11 is 0. The van der Waals surface area contributed by atoms with Gasteiger partial charge in [-0.1, -0.05) is 18.2 Å². The Morgan fingerprint density at radius 3 is 2.25 bits per heavy atom.